The average Bonchev–Trinajstić information content (AvgIpc) is 2.73. The van der Waals surface area contributed by atoms with E-state index in [4.69, 9.17) is 0 Å². The van der Waals surface area contributed by atoms with Crippen molar-refractivity contribution < 1.29 is 5.48 Å². The van der Waals surface area contributed by atoms with E-state index < -0.39 is 0 Å². The summed E-state index contributed by atoms with van der Waals surface area (Å²) in [6.45, 7) is 1.90. The molecule has 0 atom stereocenters. The minimum atomic E-state index is -0.0529. The molecule has 2 aromatic rings. The summed E-state index contributed by atoms with van der Waals surface area (Å²) in [5.74, 6) is 0. The van der Waals surface area contributed by atoms with Crippen LogP contribution in [0.25, 0.3) is 16.6 Å². The minimum absolute atomic E-state index is 0. The molecule has 5 nitrogen and oxygen atoms in total. The zero-order chi connectivity index (χ0) is 11.0. The van der Waals surface area contributed by atoms with Crippen LogP contribution < -0.4 is 10.9 Å². The highest BCUT2D eigenvalue weighted by atomic mass is 35.5. The molecular weight excluding hydrogens is 289 g/mol. The number of aromatic nitrogens is 2. The van der Waals surface area contributed by atoms with Crippen molar-refractivity contribution in [1.29, 1.82) is 0 Å². The van der Waals surface area contributed by atoms with Crippen molar-refractivity contribution in [3.05, 3.63) is 40.3 Å². The monoisotopic (exact) mass is 305 g/mol. The smallest absolute Gasteiger partial charge is 0.248 e. The molecule has 0 aliphatic carbocycles. The fourth-order valence-electron chi connectivity index (χ4n) is 2.15. The molecule has 3 rings (SSSR count). The van der Waals surface area contributed by atoms with Crippen molar-refractivity contribution in [1.82, 2.24) is 15.3 Å². The molecule has 0 saturated heterocycles. The second-order valence-corrected chi connectivity index (χ2v) is 4.00. The zero-order valence-corrected chi connectivity index (χ0v) is 11.8. The van der Waals surface area contributed by atoms with Crippen molar-refractivity contribution in [3.63, 3.8) is 0 Å². The van der Waals surface area contributed by atoms with Gasteiger partial charge in [-0.3, -0.25) is 4.79 Å². The van der Waals surface area contributed by atoms with Crippen LogP contribution in [0.2, 0.25) is 0 Å². The van der Waals surface area contributed by atoms with E-state index in [9.17, 15) is 4.79 Å². The molecule has 0 spiro atoms. The predicted octanol–water partition coefficient (Wildman–Crippen LogP) is 1.25. The molecule has 0 fully saturated rings. The standard InChI is InChI=1S/C12H13N3O.2ClH.H2O/c16-11-2-1-10-12(15-11)9(7-14-10)8-3-5-13-6-4-8;;;/h1-3,7,13-14H,4-6H2,(H,15,16);2*1H;1H2. The first-order valence-electron chi connectivity index (χ1n) is 5.45. The van der Waals surface area contributed by atoms with Gasteiger partial charge in [0.25, 0.3) is 0 Å². The molecule has 7 heteroatoms. The molecule has 0 bridgehead atoms. The molecule has 0 aromatic carbocycles. The van der Waals surface area contributed by atoms with Crippen molar-refractivity contribution >= 4 is 41.4 Å². The van der Waals surface area contributed by atoms with E-state index in [2.05, 4.69) is 21.4 Å². The maximum Gasteiger partial charge on any atom is 0.248 e. The first kappa shape index (κ1) is 17.7. The second kappa shape index (κ2) is 7.35. The summed E-state index contributed by atoms with van der Waals surface area (Å²) in [6.07, 6.45) is 5.15. The number of halogens is 2. The summed E-state index contributed by atoms with van der Waals surface area (Å²) < 4.78 is 0. The normalized spacial score (nSPS) is 13.8. The van der Waals surface area contributed by atoms with Crippen LogP contribution in [0.15, 0.2) is 29.2 Å². The van der Waals surface area contributed by atoms with Gasteiger partial charge in [0.2, 0.25) is 5.56 Å². The van der Waals surface area contributed by atoms with Gasteiger partial charge in [-0.15, -0.1) is 24.8 Å². The van der Waals surface area contributed by atoms with Gasteiger partial charge < -0.3 is 20.8 Å². The largest absolute Gasteiger partial charge is 0.412 e. The molecule has 106 valence electrons. The number of hydrogen-bond donors (Lipinski definition) is 3. The first-order valence-corrected chi connectivity index (χ1v) is 5.45. The third-order valence-corrected chi connectivity index (χ3v) is 2.97. The van der Waals surface area contributed by atoms with Gasteiger partial charge in [-0.1, -0.05) is 6.08 Å². The topological polar surface area (TPSA) is 92.2 Å². The summed E-state index contributed by atoms with van der Waals surface area (Å²) in [6, 6.07) is 3.36. The van der Waals surface area contributed by atoms with Crippen molar-refractivity contribution in [2.75, 3.05) is 13.1 Å². The van der Waals surface area contributed by atoms with E-state index in [0.717, 1.165) is 36.1 Å². The Hall–Kier alpha value is -1.27. The Morgan fingerprint density at radius 3 is 2.63 bits per heavy atom. The summed E-state index contributed by atoms with van der Waals surface area (Å²) in [7, 11) is 0. The minimum Gasteiger partial charge on any atom is -0.412 e. The lowest BCUT2D eigenvalue weighted by molar-refractivity contribution is 0.739. The van der Waals surface area contributed by atoms with Gasteiger partial charge in [-0.2, -0.15) is 0 Å². The van der Waals surface area contributed by atoms with E-state index in [1.165, 1.54) is 5.57 Å². The molecule has 3 heterocycles. The predicted molar refractivity (Wildman–Crippen MR) is 82.5 cm³/mol. The number of fused-ring (bicyclic) bond motifs is 1. The highest BCUT2D eigenvalue weighted by Gasteiger charge is 2.11. The number of rotatable bonds is 1. The lowest BCUT2D eigenvalue weighted by Crippen LogP contribution is -2.20. The summed E-state index contributed by atoms with van der Waals surface area (Å²) in [5.41, 5.74) is 4.26. The summed E-state index contributed by atoms with van der Waals surface area (Å²) >= 11 is 0. The third kappa shape index (κ3) is 3.39. The second-order valence-electron chi connectivity index (χ2n) is 4.00. The van der Waals surface area contributed by atoms with Crippen LogP contribution in [0.4, 0.5) is 0 Å². The Balaban J connectivity index is 0.00000108. The van der Waals surface area contributed by atoms with Crippen LogP contribution in [0.1, 0.15) is 12.0 Å². The zero-order valence-electron chi connectivity index (χ0n) is 10.2. The molecule has 2 aromatic heterocycles. The van der Waals surface area contributed by atoms with E-state index >= 15 is 0 Å². The quantitative estimate of drug-likeness (QED) is 0.740. The maximum absolute atomic E-state index is 11.3. The Labute approximate surface area is 122 Å². The number of H-pyrrole nitrogens is 2. The molecule has 0 saturated carbocycles. The number of nitrogens with one attached hydrogen (secondary N) is 3. The third-order valence-electron chi connectivity index (χ3n) is 2.97. The molecular formula is C12H17Cl2N3O2. The van der Waals surface area contributed by atoms with E-state index in [0.29, 0.717) is 0 Å². The summed E-state index contributed by atoms with van der Waals surface area (Å²) in [5, 5.41) is 3.28. The van der Waals surface area contributed by atoms with Crippen molar-refractivity contribution in [2.45, 2.75) is 6.42 Å². The van der Waals surface area contributed by atoms with Crippen LogP contribution in [0, 0.1) is 0 Å². The molecule has 1 aliphatic heterocycles. The van der Waals surface area contributed by atoms with Gasteiger partial charge in [0.05, 0.1) is 11.0 Å². The molecule has 19 heavy (non-hydrogen) atoms. The van der Waals surface area contributed by atoms with Crippen LogP contribution in [-0.4, -0.2) is 28.5 Å². The lowest BCUT2D eigenvalue weighted by atomic mass is 10.0. The van der Waals surface area contributed by atoms with E-state index in [-0.39, 0.29) is 35.8 Å². The van der Waals surface area contributed by atoms with Gasteiger partial charge >= 0.3 is 0 Å². The first-order chi connectivity index (χ1) is 7.84. The molecule has 1 aliphatic rings. The van der Waals surface area contributed by atoms with Crippen molar-refractivity contribution in [2.24, 2.45) is 0 Å². The Morgan fingerprint density at radius 1 is 1.16 bits per heavy atom. The maximum atomic E-state index is 11.3. The van der Waals surface area contributed by atoms with Gasteiger partial charge in [0.15, 0.2) is 0 Å². The molecule has 0 unspecified atom stereocenters. The van der Waals surface area contributed by atoms with Gasteiger partial charge in [-0.25, -0.2) is 0 Å². The summed E-state index contributed by atoms with van der Waals surface area (Å²) in [4.78, 5) is 17.4. The number of pyridine rings is 1. The molecule has 0 radical (unpaired) electrons. The van der Waals surface area contributed by atoms with Gasteiger partial charge in [-0.05, 0) is 24.6 Å². The van der Waals surface area contributed by atoms with Crippen LogP contribution in [0.5, 0.6) is 0 Å². The van der Waals surface area contributed by atoms with Gasteiger partial charge in [0.1, 0.15) is 0 Å². The van der Waals surface area contributed by atoms with Crippen molar-refractivity contribution in [3.8, 4) is 0 Å². The highest BCUT2D eigenvalue weighted by Crippen LogP contribution is 2.25. The Bertz CT molecular complexity index is 619. The van der Waals surface area contributed by atoms with E-state index in [1.807, 2.05) is 12.3 Å². The lowest BCUT2D eigenvalue weighted by Gasteiger charge is -2.12. The fourth-order valence-corrected chi connectivity index (χ4v) is 2.15. The van der Waals surface area contributed by atoms with Gasteiger partial charge in [0, 0.05) is 24.4 Å². The fraction of sp³-hybridized carbons (Fsp3) is 0.250. The molecule has 0 amide bonds. The number of aromatic amines is 2. The number of hydrogen-bond acceptors (Lipinski definition) is 2. The highest BCUT2D eigenvalue weighted by molar-refractivity contribution is 5.89. The Kier molecular flexibility index (Phi) is 6.86. The van der Waals surface area contributed by atoms with Crippen LogP contribution >= 0.6 is 24.8 Å². The Morgan fingerprint density at radius 2 is 1.95 bits per heavy atom. The molecule has 5 N–H and O–H groups in total. The van der Waals surface area contributed by atoms with Crippen LogP contribution in [-0.2, 0) is 0 Å². The SMILES string of the molecule is Cl.Cl.O.O=c1ccc2[nH]cc(C3=CCNCC3)c2[nH]1. The van der Waals surface area contributed by atoms with E-state index in [1.54, 1.807) is 6.07 Å². The van der Waals surface area contributed by atoms with Crippen LogP contribution in [0.3, 0.4) is 0 Å². The average molecular weight is 306 g/mol.